The standard InChI is InChI=1S/C14H16O2/c1-15-11-7-8-12(16-2)14-10-5-3-9(4-6-10)13(11)14/h3,5,7-10H,4,6H2,1-2H3/t9-,10-/m1/s1. The molecule has 2 bridgehead atoms. The van der Waals surface area contributed by atoms with E-state index in [9.17, 15) is 0 Å². The summed E-state index contributed by atoms with van der Waals surface area (Å²) in [5.74, 6) is 3.06. The first kappa shape index (κ1) is 9.76. The predicted molar refractivity (Wildman–Crippen MR) is 63.4 cm³/mol. The minimum atomic E-state index is 0.519. The molecule has 0 heterocycles. The van der Waals surface area contributed by atoms with Gasteiger partial charge in [-0.3, -0.25) is 0 Å². The van der Waals surface area contributed by atoms with Gasteiger partial charge in [-0.25, -0.2) is 0 Å². The second-order valence-electron chi connectivity index (χ2n) is 4.47. The van der Waals surface area contributed by atoms with E-state index >= 15 is 0 Å². The second-order valence-corrected chi connectivity index (χ2v) is 4.47. The molecule has 0 unspecified atom stereocenters. The van der Waals surface area contributed by atoms with Gasteiger partial charge in [-0.15, -0.1) is 0 Å². The molecule has 0 saturated carbocycles. The van der Waals surface area contributed by atoms with Gasteiger partial charge in [0.15, 0.2) is 0 Å². The Morgan fingerprint density at radius 3 is 1.62 bits per heavy atom. The molecule has 4 rings (SSSR count). The van der Waals surface area contributed by atoms with Crippen molar-refractivity contribution in [1.29, 1.82) is 0 Å². The van der Waals surface area contributed by atoms with E-state index in [0.29, 0.717) is 11.8 Å². The number of allylic oxidation sites excluding steroid dienone is 2. The number of rotatable bonds is 2. The van der Waals surface area contributed by atoms with E-state index < -0.39 is 0 Å². The van der Waals surface area contributed by atoms with Crippen molar-refractivity contribution >= 4 is 0 Å². The molecule has 2 heteroatoms. The van der Waals surface area contributed by atoms with E-state index in [4.69, 9.17) is 9.47 Å². The summed E-state index contributed by atoms with van der Waals surface area (Å²) in [5, 5.41) is 0. The summed E-state index contributed by atoms with van der Waals surface area (Å²) in [5.41, 5.74) is 2.70. The van der Waals surface area contributed by atoms with Crippen LogP contribution in [-0.4, -0.2) is 14.2 Å². The van der Waals surface area contributed by atoms with Crippen LogP contribution >= 0.6 is 0 Å². The van der Waals surface area contributed by atoms with E-state index in [-0.39, 0.29) is 0 Å². The molecule has 3 aliphatic carbocycles. The molecule has 1 aromatic rings. The zero-order valence-electron chi connectivity index (χ0n) is 9.69. The van der Waals surface area contributed by atoms with E-state index in [2.05, 4.69) is 12.2 Å². The number of fused-ring (bicyclic) bond motifs is 1. The van der Waals surface area contributed by atoms with Crippen LogP contribution in [0.15, 0.2) is 24.3 Å². The first-order valence-corrected chi connectivity index (χ1v) is 5.78. The van der Waals surface area contributed by atoms with Crippen LogP contribution in [0, 0.1) is 0 Å². The SMILES string of the molecule is COc1ccc(OC)c2c1[C@@H]1C=C[C@@H]2CC1. The number of benzene rings is 1. The fraction of sp³-hybridized carbons (Fsp3) is 0.429. The van der Waals surface area contributed by atoms with Crippen molar-refractivity contribution in [1.82, 2.24) is 0 Å². The van der Waals surface area contributed by atoms with Crippen LogP contribution in [0.2, 0.25) is 0 Å². The van der Waals surface area contributed by atoms with Crippen LogP contribution in [0.1, 0.15) is 35.8 Å². The van der Waals surface area contributed by atoms with Crippen molar-refractivity contribution in [2.45, 2.75) is 24.7 Å². The summed E-state index contributed by atoms with van der Waals surface area (Å²) in [7, 11) is 3.49. The Bertz CT molecular complexity index is 407. The van der Waals surface area contributed by atoms with Gasteiger partial charge in [0.2, 0.25) is 0 Å². The maximum atomic E-state index is 5.48. The molecule has 0 aliphatic heterocycles. The van der Waals surface area contributed by atoms with Crippen LogP contribution < -0.4 is 9.47 Å². The third kappa shape index (κ3) is 1.19. The molecule has 0 N–H and O–H groups in total. The van der Waals surface area contributed by atoms with Gasteiger partial charge in [-0.1, -0.05) is 12.2 Å². The Labute approximate surface area is 95.9 Å². The Kier molecular flexibility index (Phi) is 2.16. The van der Waals surface area contributed by atoms with Gasteiger partial charge in [0.05, 0.1) is 14.2 Å². The number of hydrogen-bond donors (Lipinski definition) is 0. The van der Waals surface area contributed by atoms with Crippen LogP contribution in [0.25, 0.3) is 0 Å². The Morgan fingerprint density at radius 1 is 0.875 bits per heavy atom. The van der Waals surface area contributed by atoms with E-state index in [1.54, 1.807) is 14.2 Å². The Hall–Kier alpha value is -1.44. The van der Waals surface area contributed by atoms with Crippen molar-refractivity contribution in [3.05, 3.63) is 35.4 Å². The van der Waals surface area contributed by atoms with Crippen molar-refractivity contribution in [3.63, 3.8) is 0 Å². The van der Waals surface area contributed by atoms with Crippen molar-refractivity contribution in [3.8, 4) is 11.5 Å². The molecule has 2 atom stereocenters. The minimum Gasteiger partial charge on any atom is -0.496 e. The summed E-state index contributed by atoms with van der Waals surface area (Å²) in [6.07, 6.45) is 7.10. The van der Waals surface area contributed by atoms with Gasteiger partial charge in [-0.2, -0.15) is 0 Å². The van der Waals surface area contributed by atoms with Crippen LogP contribution in [0.3, 0.4) is 0 Å². The molecule has 1 aromatic carbocycles. The molecule has 0 fully saturated rings. The Balaban J connectivity index is 2.24. The minimum absolute atomic E-state index is 0.519. The van der Waals surface area contributed by atoms with Gasteiger partial charge in [0.1, 0.15) is 11.5 Å². The molecule has 0 saturated heterocycles. The summed E-state index contributed by atoms with van der Waals surface area (Å²) < 4.78 is 11.0. The Morgan fingerprint density at radius 2 is 1.31 bits per heavy atom. The van der Waals surface area contributed by atoms with E-state index in [1.165, 1.54) is 24.0 Å². The predicted octanol–water partition coefficient (Wildman–Crippen LogP) is 3.23. The lowest BCUT2D eigenvalue weighted by Crippen LogP contribution is -2.18. The lowest BCUT2D eigenvalue weighted by Gasteiger charge is -2.35. The van der Waals surface area contributed by atoms with Gasteiger partial charge >= 0.3 is 0 Å². The van der Waals surface area contributed by atoms with Gasteiger partial charge in [-0.05, 0) is 25.0 Å². The smallest absolute Gasteiger partial charge is 0.123 e. The summed E-state index contributed by atoms with van der Waals surface area (Å²) in [6, 6.07) is 4.04. The molecule has 2 nitrogen and oxygen atoms in total. The first-order valence-electron chi connectivity index (χ1n) is 5.78. The second kappa shape index (κ2) is 3.55. The fourth-order valence-corrected chi connectivity index (χ4v) is 3.02. The van der Waals surface area contributed by atoms with E-state index in [0.717, 1.165) is 11.5 Å². The average Bonchev–Trinajstić information content (AvgIpc) is 2.38. The first-order chi connectivity index (χ1) is 7.85. The molecular formula is C14H16O2. The molecule has 0 radical (unpaired) electrons. The lowest BCUT2D eigenvalue weighted by atomic mass is 9.71. The maximum Gasteiger partial charge on any atom is 0.123 e. The topological polar surface area (TPSA) is 18.5 Å². The van der Waals surface area contributed by atoms with Crippen LogP contribution in [-0.2, 0) is 0 Å². The third-order valence-electron chi connectivity index (χ3n) is 3.75. The molecule has 0 spiro atoms. The van der Waals surface area contributed by atoms with Crippen molar-refractivity contribution < 1.29 is 9.47 Å². The highest BCUT2D eigenvalue weighted by Crippen LogP contribution is 2.51. The highest BCUT2D eigenvalue weighted by atomic mass is 16.5. The maximum absolute atomic E-state index is 5.48. The monoisotopic (exact) mass is 216 g/mol. The highest BCUT2D eigenvalue weighted by Gasteiger charge is 2.33. The normalized spacial score (nSPS) is 25.4. The molecule has 0 aromatic heterocycles. The molecular weight excluding hydrogens is 200 g/mol. The van der Waals surface area contributed by atoms with Gasteiger partial charge < -0.3 is 9.47 Å². The number of methoxy groups -OCH3 is 2. The number of ether oxygens (including phenoxy) is 2. The van der Waals surface area contributed by atoms with Crippen LogP contribution in [0.5, 0.6) is 11.5 Å². The molecule has 3 aliphatic rings. The van der Waals surface area contributed by atoms with Gasteiger partial charge in [0.25, 0.3) is 0 Å². The van der Waals surface area contributed by atoms with Crippen molar-refractivity contribution in [2.75, 3.05) is 14.2 Å². The summed E-state index contributed by atoms with van der Waals surface area (Å²) >= 11 is 0. The molecule has 0 amide bonds. The van der Waals surface area contributed by atoms with E-state index in [1.807, 2.05) is 12.1 Å². The lowest BCUT2D eigenvalue weighted by molar-refractivity contribution is 0.379. The average molecular weight is 216 g/mol. The van der Waals surface area contributed by atoms with Gasteiger partial charge in [0, 0.05) is 23.0 Å². The third-order valence-corrected chi connectivity index (χ3v) is 3.75. The zero-order valence-corrected chi connectivity index (χ0v) is 9.69. The zero-order chi connectivity index (χ0) is 11.1. The van der Waals surface area contributed by atoms with Crippen molar-refractivity contribution in [2.24, 2.45) is 0 Å². The summed E-state index contributed by atoms with van der Waals surface area (Å²) in [4.78, 5) is 0. The highest BCUT2D eigenvalue weighted by molar-refractivity contribution is 5.58. The fourth-order valence-electron chi connectivity index (χ4n) is 3.02. The quantitative estimate of drug-likeness (QED) is 0.706. The number of hydrogen-bond acceptors (Lipinski definition) is 2. The molecule has 16 heavy (non-hydrogen) atoms. The molecule has 84 valence electrons. The largest absolute Gasteiger partial charge is 0.496 e. The summed E-state index contributed by atoms with van der Waals surface area (Å²) in [6.45, 7) is 0. The van der Waals surface area contributed by atoms with Crippen LogP contribution in [0.4, 0.5) is 0 Å².